The van der Waals surface area contributed by atoms with Gasteiger partial charge >= 0.3 is 0 Å². The molecule has 0 saturated carbocycles. The number of anilines is 1. The number of nitrogens with zero attached hydrogens (tertiary/aromatic N) is 3. The first-order valence-corrected chi connectivity index (χ1v) is 8.68. The Morgan fingerprint density at radius 2 is 1.82 bits per heavy atom. The van der Waals surface area contributed by atoms with Gasteiger partial charge in [0.2, 0.25) is 0 Å². The SMILES string of the molecule is Cc1c(NN)c(=O)n(-c2ccccc2)n1C.Cc1cccc(C(=O)CC#N)c1. The molecule has 3 rings (SSSR count). The summed E-state index contributed by atoms with van der Waals surface area (Å²) >= 11 is 0. The number of hydrogen-bond donors (Lipinski definition) is 2. The van der Waals surface area contributed by atoms with Crippen molar-refractivity contribution in [3.63, 3.8) is 0 Å². The molecule has 0 unspecified atom stereocenters. The van der Waals surface area contributed by atoms with Crippen molar-refractivity contribution in [3.05, 3.63) is 81.8 Å². The van der Waals surface area contributed by atoms with E-state index in [1.54, 1.807) is 21.5 Å². The molecule has 0 spiro atoms. The minimum atomic E-state index is -0.145. The summed E-state index contributed by atoms with van der Waals surface area (Å²) in [5, 5.41) is 8.30. The maximum absolute atomic E-state index is 12.0. The lowest BCUT2D eigenvalue weighted by Crippen LogP contribution is -2.22. The quantitative estimate of drug-likeness (QED) is 0.413. The third kappa shape index (κ3) is 4.55. The number of nitrogens with two attached hydrogens (primary N) is 1. The zero-order chi connectivity index (χ0) is 20.7. The Kier molecular flexibility index (Phi) is 6.90. The Morgan fingerprint density at radius 3 is 2.36 bits per heavy atom. The predicted molar refractivity (Wildman–Crippen MR) is 109 cm³/mol. The number of nitrogens with one attached hydrogen (secondary N) is 1. The van der Waals surface area contributed by atoms with Crippen LogP contribution in [0.1, 0.15) is 28.0 Å². The van der Waals surface area contributed by atoms with Gasteiger partial charge in [-0.15, -0.1) is 0 Å². The molecule has 144 valence electrons. The number of para-hydroxylation sites is 1. The van der Waals surface area contributed by atoms with Crippen LogP contribution in [0.5, 0.6) is 0 Å². The highest BCUT2D eigenvalue weighted by molar-refractivity contribution is 5.97. The largest absolute Gasteiger partial charge is 0.318 e. The van der Waals surface area contributed by atoms with Gasteiger partial charge < -0.3 is 5.43 Å². The van der Waals surface area contributed by atoms with Crippen LogP contribution in [-0.4, -0.2) is 15.1 Å². The molecule has 28 heavy (non-hydrogen) atoms. The molecule has 7 nitrogen and oxygen atoms in total. The molecule has 3 aromatic rings. The van der Waals surface area contributed by atoms with E-state index in [4.69, 9.17) is 11.1 Å². The molecule has 1 aromatic heterocycles. The number of aromatic nitrogens is 2. The molecule has 2 aromatic carbocycles. The van der Waals surface area contributed by atoms with Gasteiger partial charge in [-0.25, -0.2) is 4.68 Å². The van der Waals surface area contributed by atoms with Crippen LogP contribution in [0.2, 0.25) is 0 Å². The van der Waals surface area contributed by atoms with Gasteiger partial charge in [-0.3, -0.25) is 20.1 Å². The van der Waals surface area contributed by atoms with Crippen LogP contribution < -0.4 is 16.8 Å². The molecule has 0 bridgehead atoms. The molecule has 0 saturated heterocycles. The zero-order valence-electron chi connectivity index (χ0n) is 16.1. The Hall–Kier alpha value is -3.63. The Bertz CT molecular complexity index is 1060. The number of hydrogen-bond acceptors (Lipinski definition) is 5. The van der Waals surface area contributed by atoms with Gasteiger partial charge in [0.15, 0.2) is 5.78 Å². The second kappa shape index (κ2) is 9.35. The second-order valence-corrected chi connectivity index (χ2v) is 6.21. The predicted octanol–water partition coefficient (Wildman–Crippen LogP) is 2.86. The number of Topliss-reactive ketones (excluding diaryl/α,β-unsaturated/α-hetero) is 1. The van der Waals surface area contributed by atoms with E-state index in [-0.39, 0.29) is 17.8 Å². The van der Waals surface area contributed by atoms with Crippen molar-refractivity contribution in [2.45, 2.75) is 20.3 Å². The summed E-state index contributed by atoms with van der Waals surface area (Å²) in [5.74, 6) is 5.23. The summed E-state index contributed by atoms with van der Waals surface area (Å²) in [7, 11) is 1.82. The standard InChI is InChI=1S/C11H14N4O.C10H9NO/c1-8-10(13-12)11(16)15(14(8)2)9-6-4-3-5-7-9;1-8-3-2-4-9(7-8)10(12)5-6-11/h3-7,13H,12H2,1-2H3;2-4,7H,5H2,1H3. The summed E-state index contributed by atoms with van der Waals surface area (Å²) in [5.41, 5.74) is 6.00. The first kappa shape index (κ1) is 20.7. The average Bonchev–Trinajstić information content (AvgIpc) is 2.91. The molecule has 0 atom stereocenters. The number of nitrogen functional groups attached to an aromatic ring is 1. The third-order valence-corrected chi connectivity index (χ3v) is 4.28. The van der Waals surface area contributed by atoms with Crippen molar-refractivity contribution in [2.75, 3.05) is 5.43 Å². The van der Waals surface area contributed by atoms with E-state index in [1.807, 2.05) is 69.4 Å². The topological polar surface area (TPSA) is 106 Å². The van der Waals surface area contributed by atoms with Gasteiger partial charge in [-0.05, 0) is 32.0 Å². The minimum Gasteiger partial charge on any atom is -0.318 e. The van der Waals surface area contributed by atoms with Gasteiger partial charge in [0.1, 0.15) is 5.69 Å². The number of rotatable bonds is 4. The van der Waals surface area contributed by atoms with Gasteiger partial charge in [0, 0.05) is 12.6 Å². The van der Waals surface area contributed by atoms with Crippen LogP contribution >= 0.6 is 0 Å². The van der Waals surface area contributed by atoms with E-state index < -0.39 is 0 Å². The van der Waals surface area contributed by atoms with Crippen molar-refractivity contribution in [1.82, 2.24) is 9.36 Å². The first-order chi connectivity index (χ1) is 13.4. The van der Waals surface area contributed by atoms with E-state index in [1.165, 1.54) is 0 Å². The van der Waals surface area contributed by atoms with E-state index in [9.17, 15) is 9.59 Å². The van der Waals surface area contributed by atoms with Gasteiger partial charge in [0.25, 0.3) is 5.56 Å². The Morgan fingerprint density at radius 1 is 1.14 bits per heavy atom. The fourth-order valence-corrected chi connectivity index (χ4v) is 2.73. The molecule has 1 heterocycles. The number of benzene rings is 2. The number of nitriles is 1. The van der Waals surface area contributed by atoms with Gasteiger partial charge in [-0.1, -0.05) is 42.0 Å². The second-order valence-electron chi connectivity index (χ2n) is 6.21. The van der Waals surface area contributed by atoms with Crippen molar-refractivity contribution < 1.29 is 4.79 Å². The van der Waals surface area contributed by atoms with Crippen LogP contribution in [0.4, 0.5) is 5.69 Å². The number of carbonyl (C=O) groups excluding carboxylic acids is 1. The lowest BCUT2D eigenvalue weighted by Gasteiger charge is -2.07. The molecule has 3 N–H and O–H groups in total. The van der Waals surface area contributed by atoms with Crippen LogP contribution in [0.15, 0.2) is 59.4 Å². The van der Waals surface area contributed by atoms with Crippen LogP contribution in [0.3, 0.4) is 0 Å². The third-order valence-electron chi connectivity index (χ3n) is 4.28. The van der Waals surface area contributed by atoms with Crippen molar-refractivity contribution in [2.24, 2.45) is 12.9 Å². The summed E-state index contributed by atoms with van der Waals surface area (Å²) in [6.07, 6.45) is -0.0382. The van der Waals surface area contributed by atoms with Crippen molar-refractivity contribution in [3.8, 4) is 11.8 Å². The normalized spacial score (nSPS) is 9.82. The number of carbonyl (C=O) groups is 1. The molecule has 0 aliphatic rings. The smallest absolute Gasteiger partial charge is 0.296 e. The maximum Gasteiger partial charge on any atom is 0.296 e. The maximum atomic E-state index is 12.0. The molecular formula is C21H23N5O2. The molecule has 0 fully saturated rings. The first-order valence-electron chi connectivity index (χ1n) is 8.68. The summed E-state index contributed by atoms with van der Waals surface area (Å²) < 4.78 is 3.34. The van der Waals surface area contributed by atoms with Crippen LogP contribution in [0, 0.1) is 25.2 Å². The van der Waals surface area contributed by atoms with Crippen LogP contribution in [0.25, 0.3) is 5.69 Å². The Labute approximate surface area is 163 Å². The zero-order valence-corrected chi connectivity index (χ0v) is 16.1. The van der Waals surface area contributed by atoms with Crippen molar-refractivity contribution >= 4 is 11.5 Å². The average molecular weight is 377 g/mol. The Balaban J connectivity index is 0.000000209. The number of hydrazine groups is 1. The molecule has 0 aliphatic heterocycles. The lowest BCUT2D eigenvalue weighted by molar-refractivity contribution is 0.0997. The lowest BCUT2D eigenvalue weighted by atomic mass is 10.1. The molecule has 7 heteroatoms. The molecule has 0 aliphatic carbocycles. The monoisotopic (exact) mass is 377 g/mol. The number of ketones is 1. The molecule has 0 radical (unpaired) electrons. The number of aryl methyl sites for hydroxylation is 1. The van der Waals surface area contributed by atoms with E-state index in [0.29, 0.717) is 11.3 Å². The summed E-state index contributed by atoms with van der Waals surface area (Å²) in [4.78, 5) is 23.2. The minimum absolute atomic E-state index is 0.0382. The fraction of sp³-hybridized carbons (Fsp3) is 0.190. The van der Waals surface area contributed by atoms with Gasteiger partial charge in [-0.2, -0.15) is 5.26 Å². The highest BCUT2D eigenvalue weighted by Crippen LogP contribution is 2.12. The molecular weight excluding hydrogens is 354 g/mol. The molecule has 0 amide bonds. The highest BCUT2D eigenvalue weighted by Gasteiger charge is 2.14. The van der Waals surface area contributed by atoms with Crippen LogP contribution in [-0.2, 0) is 7.05 Å². The highest BCUT2D eigenvalue weighted by atomic mass is 16.1. The van der Waals surface area contributed by atoms with Gasteiger partial charge in [0.05, 0.1) is 23.9 Å². The fourth-order valence-electron chi connectivity index (χ4n) is 2.73. The van der Waals surface area contributed by atoms with E-state index >= 15 is 0 Å². The van der Waals surface area contributed by atoms with E-state index in [0.717, 1.165) is 16.9 Å². The van der Waals surface area contributed by atoms with E-state index in [2.05, 4.69) is 5.43 Å². The van der Waals surface area contributed by atoms with Crippen molar-refractivity contribution in [1.29, 1.82) is 5.26 Å². The summed E-state index contributed by atoms with van der Waals surface area (Å²) in [6, 6.07) is 18.5. The summed E-state index contributed by atoms with van der Waals surface area (Å²) in [6.45, 7) is 3.76.